The fraction of sp³-hybridized carbons (Fsp3) is 0.250. The van der Waals surface area contributed by atoms with Gasteiger partial charge in [0.25, 0.3) is 0 Å². The highest BCUT2D eigenvalue weighted by Crippen LogP contribution is 2.49. The Bertz CT molecular complexity index is 1550. The molecule has 3 aromatic rings. The van der Waals surface area contributed by atoms with Gasteiger partial charge >= 0.3 is 5.97 Å². The van der Waals surface area contributed by atoms with Crippen LogP contribution in [-0.4, -0.2) is 25.2 Å². The summed E-state index contributed by atoms with van der Waals surface area (Å²) in [5.74, 6) is 0.118. The Labute approximate surface area is 246 Å². The minimum atomic E-state index is -0.622. The summed E-state index contributed by atoms with van der Waals surface area (Å²) in [7, 11) is 0. The fourth-order valence-corrected chi connectivity index (χ4v) is 6.41. The summed E-state index contributed by atoms with van der Waals surface area (Å²) in [5, 5.41) is 4.07. The molecule has 0 spiro atoms. The maximum atomic E-state index is 13.9. The van der Waals surface area contributed by atoms with E-state index in [4.69, 9.17) is 25.8 Å². The number of benzene rings is 3. The Balaban J connectivity index is 1.36. The smallest absolute Gasteiger partial charge is 0.336 e. The summed E-state index contributed by atoms with van der Waals surface area (Å²) in [5.41, 5.74) is 5.39. The molecule has 2 aliphatic heterocycles. The number of halogens is 2. The lowest BCUT2D eigenvalue weighted by Crippen LogP contribution is -2.36. The molecule has 204 valence electrons. The van der Waals surface area contributed by atoms with Gasteiger partial charge < -0.3 is 19.5 Å². The van der Waals surface area contributed by atoms with E-state index in [0.717, 1.165) is 26.9 Å². The van der Waals surface area contributed by atoms with E-state index in [1.54, 1.807) is 0 Å². The first-order valence-corrected chi connectivity index (χ1v) is 14.4. The first-order valence-electron chi connectivity index (χ1n) is 13.2. The summed E-state index contributed by atoms with van der Waals surface area (Å²) in [6.07, 6.45) is 1.56. The van der Waals surface area contributed by atoms with Crippen molar-refractivity contribution in [3.8, 4) is 11.5 Å². The number of ether oxygens (including phenoxy) is 3. The first kappa shape index (κ1) is 26.7. The zero-order valence-corrected chi connectivity index (χ0v) is 24.2. The number of nitrogens with one attached hydrogen (secondary N) is 1. The Morgan fingerprint density at radius 2 is 1.77 bits per heavy atom. The van der Waals surface area contributed by atoms with Gasteiger partial charge in [0.05, 0.1) is 12.2 Å². The van der Waals surface area contributed by atoms with Gasteiger partial charge in [-0.15, -0.1) is 0 Å². The molecule has 3 aromatic carbocycles. The number of hydrogen-bond donors (Lipinski definition) is 1. The highest BCUT2D eigenvalue weighted by molar-refractivity contribution is 9.10. The van der Waals surface area contributed by atoms with E-state index in [2.05, 4.69) is 21.2 Å². The minimum absolute atomic E-state index is 0.00374. The van der Waals surface area contributed by atoms with Gasteiger partial charge in [-0.25, -0.2) is 4.79 Å². The van der Waals surface area contributed by atoms with Gasteiger partial charge in [-0.2, -0.15) is 0 Å². The molecule has 2 atom stereocenters. The Kier molecular flexibility index (Phi) is 7.43. The molecular weight excluding hydrogens is 594 g/mol. The maximum absolute atomic E-state index is 13.9. The van der Waals surface area contributed by atoms with Crippen molar-refractivity contribution in [3.05, 3.63) is 115 Å². The Hall–Kier alpha value is -3.55. The number of hydrogen-bond acceptors (Lipinski definition) is 6. The lowest BCUT2D eigenvalue weighted by molar-refractivity contribution is -0.139. The van der Waals surface area contributed by atoms with Crippen LogP contribution in [0.3, 0.4) is 0 Å². The lowest BCUT2D eigenvalue weighted by atomic mass is 9.71. The van der Waals surface area contributed by atoms with Crippen LogP contribution >= 0.6 is 27.5 Å². The average Bonchev–Trinajstić information content (AvgIpc) is 3.40. The van der Waals surface area contributed by atoms with E-state index < -0.39 is 11.9 Å². The lowest BCUT2D eigenvalue weighted by Gasteiger charge is -2.37. The van der Waals surface area contributed by atoms with E-state index in [1.165, 1.54) is 0 Å². The summed E-state index contributed by atoms with van der Waals surface area (Å²) in [6.45, 7) is 2.21. The topological polar surface area (TPSA) is 73.9 Å². The Morgan fingerprint density at radius 1 is 1.05 bits per heavy atom. The normalized spacial score (nSPS) is 19.8. The fourth-order valence-electron chi connectivity index (χ4n) is 5.73. The molecule has 0 bridgehead atoms. The molecule has 1 aliphatic carbocycles. The van der Waals surface area contributed by atoms with E-state index in [-0.39, 0.29) is 25.1 Å². The number of rotatable bonds is 6. The van der Waals surface area contributed by atoms with Crippen LogP contribution < -0.4 is 14.8 Å². The van der Waals surface area contributed by atoms with Crippen molar-refractivity contribution in [1.82, 2.24) is 5.32 Å². The third-order valence-corrected chi connectivity index (χ3v) is 8.60. The number of dihydropyridines is 1. The molecule has 1 N–H and O–H groups in total. The second-order valence-corrected chi connectivity index (χ2v) is 11.5. The summed E-state index contributed by atoms with van der Waals surface area (Å²) in [6, 6.07) is 21.2. The zero-order valence-electron chi connectivity index (χ0n) is 21.8. The predicted octanol–water partition coefficient (Wildman–Crippen LogP) is 6.98. The highest BCUT2D eigenvalue weighted by atomic mass is 79.9. The van der Waals surface area contributed by atoms with Gasteiger partial charge in [0.15, 0.2) is 17.3 Å². The van der Waals surface area contributed by atoms with Crippen LogP contribution in [0.25, 0.3) is 0 Å². The molecule has 0 radical (unpaired) electrons. The van der Waals surface area contributed by atoms with Crippen molar-refractivity contribution in [2.45, 2.75) is 38.0 Å². The van der Waals surface area contributed by atoms with E-state index >= 15 is 0 Å². The molecule has 8 heteroatoms. The summed E-state index contributed by atoms with van der Waals surface area (Å²) in [4.78, 5) is 27.6. The van der Waals surface area contributed by atoms with Gasteiger partial charge in [0.2, 0.25) is 6.79 Å². The summed E-state index contributed by atoms with van der Waals surface area (Å²) < 4.78 is 17.8. The van der Waals surface area contributed by atoms with Gasteiger partial charge in [-0.05, 0) is 60.2 Å². The van der Waals surface area contributed by atoms with Crippen LogP contribution in [0.15, 0.2) is 93.7 Å². The van der Waals surface area contributed by atoms with Gasteiger partial charge in [0.1, 0.15) is 0 Å². The molecular formula is C32H27BrClNO5. The van der Waals surface area contributed by atoms with Crippen LogP contribution in [-0.2, 0) is 20.7 Å². The van der Waals surface area contributed by atoms with Crippen molar-refractivity contribution in [2.24, 2.45) is 0 Å². The number of ketones is 1. The molecule has 0 saturated carbocycles. The number of carbonyl (C=O) groups is 2. The Morgan fingerprint density at radius 3 is 2.52 bits per heavy atom. The molecule has 40 heavy (non-hydrogen) atoms. The van der Waals surface area contributed by atoms with Crippen LogP contribution in [0.4, 0.5) is 0 Å². The van der Waals surface area contributed by atoms with E-state index in [1.807, 2.05) is 73.7 Å². The largest absolute Gasteiger partial charge is 0.462 e. The summed E-state index contributed by atoms with van der Waals surface area (Å²) >= 11 is 9.79. The monoisotopic (exact) mass is 619 g/mol. The van der Waals surface area contributed by atoms with Crippen molar-refractivity contribution in [1.29, 1.82) is 0 Å². The van der Waals surface area contributed by atoms with Crippen LogP contribution in [0, 0.1) is 0 Å². The maximum Gasteiger partial charge on any atom is 0.336 e. The zero-order chi connectivity index (χ0) is 27.8. The second-order valence-electron chi connectivity index (χ2n) is 10.2. The first-order chi connectivity index (χ1) is 19.4. The van der Waals surface area contributed by atoms with E-state index in [0.29, 0.717) is 52.6 Å². The second kappa shape index (κ2) is 11.1. The number of allylic oxidation sites excluding steroid dienone is 3. The molecule has 3 aliphatic rings. The van der Waals surface area contributed by atoms with Crippen molar-refractivity contribution < 1.29 is 23.8 Å². The van der Waals surface area contributed by atoms with Crippen molar-refractivity contribution in [2.75, 3.05) is 13.4 Å². The minimum Gasteiger partial charge on any atom is -0.462 e. The predicted molar refractivity (Wildman–Crippen MR) is 155 cm³/mol. The van der Waals surface area contributed by atoms with Crippen molar-refractivity contribution >= 4 is 39.3 Å². The van der Waals surface area contributed by atoms with Crippen LogP contribution in [0.1, 0.15) is 48.3 Å². The molecule has 0 saturated heterocycles. The molecule has 0 fully saturated rings. The SMILES string of the molecule is CC1=C(C(=O)OCCc2ccccc2)[C@@H](c2cc3c(cc2Br)OCO3)C2=C(C[C@@H](c3ccc(Cl)cc3)CC2=O)N1. The molecule has 0 unspecified atom stereocenters. The quantitative estimate of drug-likeness (QED) is 0.300. The standard InChI is InChI=1S/C32H27BrClNO5/c1-18-29(32(37)38-12-11-19-5-3-2-4-6-19)30(23-15-27-28(16-24(23)33)40-17-39-27)31-25(35-18)13-21(14-26(31)36)20-7-9-22(34)10-8-20/h2-10,15-16,21,30,35H,11-14,17H2,1H3/t21-,30-/m1/s1. The average molecular weight is 621 g/mol. The molecule has 0 aromatic heterocycles. The molecule has 2 heterocycles. The van der Waals surface area contributed by atoms with Crippen LogP contribution in [0.2, 0.25) is 5.02 Å². The third-order valence-electron chi connectivity index (χ3n) is 7.66. The molecule has 6 rings (SSSR count). The third kappa shape index (κ3) is 5.16. The number of esters is 1. The molecule has 6 nitrogen and oxygen atoms in total. The number of fused-ring (bicyclic) bond motifs is 1. The number of Topliss-reactive ketones (excluding diaryl/α,β-unsaturated/α-hetero) is 1. The number of carbonyl (C=O) groups excluding carboxylic acids is 2. The van der Waals surface area contributed by atoms with E-state index in [9.17, 15) is 9.59 Å². The van der Waals surface area contributed by atoms with Gasteiger partial charge in [-0.3, -0.25) is 4.79 Å². The van der Waals surface area contributed by atoms with Gasteiger partial charge in [-0.1, -0.05) is 70.0 Å². The highest BCUT2D eigenvalue weighted by Gasteiger charge is 2.42. The van der Waals surface area contributed by atoms with Crippen molar-refractivity contribution in [3.63, 3.8) is 0 Å². The molecule has 0 amide bonds. The van der Waals surface area contributed by atoms with Crippen LogP contribution in [0.5, 0.6) is 11.5 Å². The van der Waals surface area contributed by atoms with Gasteiger partial charge in [0, 0.05) is 45.2 Å².